The predicted molar refractivity (Wildman–Crippen MR) is 104 cm³/mol. The maximum Gasteiger partial charge on any atom is 0.407 e. The Morgan fingerprint density at radius 1 is 1.33 bits per heavy atom. The Kier molecular flexibility index (Phi) is 5.45. The van der Waals surface area contributed by atoms with Crippen molar-refractivity contribution in [1.82, 2.24) is 19.3 Å². The summed E-state index contributed by atoms with van der Waals surface area (Å²) in [6, 6.07) is 5.88. The lowest BCUT2D eigenvalue weighted by molar-refractivity contribution is 0.0528. The number of carbonyl (C=O) groups excluding carboxylic acids is 1. The van der Waals surface area contributed by atoms with Gasteiger partial charge < -0.3 is 15.0 Å². The largest absolute Gasteiger partial charge is 0.444 e. The van der Waals surface area contributed by atoms with E-state index in [1.807, 2.05) is 45.2 Å². The summed E-state index contributed by atoms with van der Waals surface area (Å²) in [6.07, 6.45) is 2.13. The molecule has 0 unspecified atom stereocenters. The van der Waals surface area contributed by atoms with Gasteiger partial charge in [0.2, 0.25) is 0 Å². The number of rotatable bonds is 5. The van der Waals surface area contributed by atoms with E-state index in [1.54, 1.807) is 0 Å². The summed E-state index contributed by atoms with van der Waals surface area (Å²) in [6.45, 7) is 7.18. The van der Waals surface area contributed by atoms with Crippen LogP contribution in [0.5, 0.6) is 0 Å². The van der Waals surface area contributed by atoms with Gasteiger partial charge in [0, 0.05) is 43.3 Å². The molecule has 2 heterocycles. The fourth-order valence-corrected chi connectivity index (χ4v) is 4.21. The van der Waals surface area contributed by atoms with Crippen molar-refractivity contribution < 1.29 is 17.9 Å². The van der Waals surface area contributed by atoms with Crippen molar-refractivity contribution in [1.29, 1.82) is 0 Å². The van der Waals surface area contributed by atoms with Crippen LogP contribution in [0.25, 0.3) is 10.9 Å². The maximum absolute atomic E-state index is 11.9. The average Bonchev–Trinajstić information content (AvgIpc) is 3.09. The van der Waals surface area contributed by atoms with Crippen molar-refractivity contribution in [3.63, 3.8) is 0 Å². The van der Waals surface area contributed by atoms with Crippen molar-refractivity contribution in [2.75, 3.05) is 19.6 Å². The summed E-state index contributed by atoms with van der Waals surface area (Å²) in [7, 11) is -3.36. The molecule has 1 amide bonds. The number of fused-ring (bicyclic) bond motifs is 1. The molecule has 9 heteroatoms. The Balaban J connectivity index is 1.65. The average molecular weight is 394 g/mol. The molecule has 1 fully saturated rings. The third-order valence-electron chi connectivity index (χ3n) is 4.24. The number of alkyl carbamates (subject to hydrolysis) is 1. The van der Waals surface area contributed by atoms with Gasteiger partial charge in [0.15, 0.2) is 0 Å². The van der Waals surface area contributed by atoms with Crippen molar-refractivity contribution in [3.05, 3.63) is 35.5 Å². The number of amides is 1. The second-order valence-electron chi connectivity index (χ2n) is 7.61. The normalized spacial score (nSPS) is 17.3. The first-order valence-electron chi connectivity index (χ1n) is 8.94. The van der Waals surface area contributed by atoms with Gasteiger partial charge in [-0.25, -0.2) is 9.52 Å². The Morgan fingerprint density at radius 2 is 2.11 bits per heavy atom. The van der Waals surface area contributed by atoms with Crippen LogP contribution in [0.15, 0.2) is 24.4 Å². The third-order valence-corrected chi connectivity index (χ3v) is 5.80. The van der Waals surface area contributed by atoms with E-state index in [1.165, 1.54) is 4.31 Å². The molecule has 0 bridgehead atoms. The SMILES string of the molecule is CC(C)(C)OC(=O)NCCc1c[nH]c2ccc(CN3CCNS3(=O)=O)cc12. The maximum atomic E-state index is 11.9. The minimum Gasteiger partial charge on any atom is -0.444 e. The second kappa shape index (κ2) is 7.49. The molecule has 1 aromatic carbocycles. The second-order valence-corrected chi connectivity index (χ2v) is 9.36. The smallest absolute Gasteiger partial charge is 0.407 e. The Bertz CT molecular complexity index is 930. The van der Waals surface area contributed by atoms with Gasteiger partial charge in [-0.3, -0.25) is 0 Å². The zero-order chi connectivity index (χ0) is 19.7. The van der Waals surface area contributed by atoms with Crippen LogP contribution in [0.3, 0.4) is 0 Å². The van der Waals surface area contributed by atoms with E-state index in [2.05, 4.69) is 15.0 Å². The molecule has 3 N–H and O–H groups in total. The molecule has 148 valence electrons. The van der Waals surface area contributed by atoms with Crippen LogP contribution in [0.1, 0.15) is 31.9 Å². The van der Waals surface area contributed by atoms with Crippen molar-refractivity contribution in [3.8, 4) is 0 Å². The number of hydrogen-bond acceptors (Lipinski definition) is 4. The van der Waals surface area contributed by atoms with Gasteiger partial charge in [-0.2, -0.15) is 12.7 Å². The fourth-order valence-electron chi connectivity index (χ4n) is 3.02. The Labute approximate surface area is 159 Å². The number of ether oxygens (including phenoxy) is 1. The highest BCUT2D eigenvalue weighted by Crippen LogP contribution is 2.22. The number of benzene rings is 1. The predicted octanol–water partition coefficient (Wildman–Crippen LogP) is 1.89. The molecule has 0 saturated carbocycles. The molecule has 0 aliphatic carbocycles. The molecule has 27 heavy (non-hydrogen) atoms. The highest BCUT2D eigenvalue weighted by molar-refractivity contribution is 7.87. The van der Waals surface area contributed by atoms with Crippen molar-refractivity contribution >= 4 is 27.2 Å². The van der Waals surface area contributed by atoms with Crippen LogP contribution in [0.2, 0.25) is 0 Å². The van der Waals surface area contributed by atoms with E-state index in [0.717, 1.165) is 22.0 Å². The summed E-state index contributed by atoms with van der Waals surface area (Å²) in [5.74, 6) is 0. The van der Waals surface area contributed by atoms with Crippen molar-refractivity contribution in [2.24, 2.45) is 0 Å². The van der Waals surface area contributed by atoms with E-state index < -0.39 is 21.9 Å². The van der Waals surface area contributed by atoms with E-state index >= 15 is 0 Å². The zero-order valence-corrected chi connectivity index (χ0v) is 16.6. The molecule has 0 atom stereocenters. The third kappa shape index (κ3) is 5.00. The first-order chi connectivity index (χ1) is 12.6. The number of aromatic amines is 1. The van der Waals surface area contributed by atoms with E-state index in [9.17, 15) is 13.2 Å². The van der Waals surface area contributed by atoms with E-state index in [0.29, 0.717) is 32.6 Å². The molecule has 0 radical (unpaired) electrons. The van der Waals surface area contributed by atoms with Gasteiger partial charge in [-0.05, 0) is 50.5 Å². The molecule has 2 aromatic rings. The van der Waals surface area contributed by atoms with Gasteiger partial charge in [0.25, 0.3) is 10.2 Å². The van der Waals surface area contributed by atoms with Gasteiger partial charge in [0.05, 0.1) is 0 Å². The quantitative estimate of drug-likeness (QED) is 0.720. The molecule has 1 aliphatic rings. The standard InChI is InChI=1S/C18H26N4O4S/c1-18(2,3)26-17(23)19-7-6-14-11-20-16-5-4-13(10-15(14)16)12-22-9-8-21-27(22,24)25/h4-5,10-11,20-21H,6-9,12H2,1-3H3,(H,19,23). The Morgan fingerprint density at radius 3 is 2.78 bits per heavy atom. The molecule has 1 aromatic heterocycles. The highest BCUT2D eigenvalue weighted by atomic mass is 32.2. The summed E-state index contributed by atoms with van der Waals surface area (Å²) < 4.78 is 33.0. The number of H-pyrrole nitrogens is 1. The topological polar surface area (TPSA) is 104 Å². The molecular formula is C18H26N4O4S. The monoisotopic (exact) mass is 394 g/mol. The number of aromatic nitrogens is 1. The van der Waals surface area contributed by atoms with E-state index in [-0.39, 0.29) is 0 Å². The molecule has 3 rings (SSSR count). The number of nitrogens with one attached hydrogen (secondary N) is 3. The zero-order valence-electron chi connectivity index (χ0n) is 15.8. The van der Waals surface area contributed by atoms with Gasteiger partial charge >= 0.3 is 6.09 Å². The molecular weight excluding hydrogens is 368 g/mol. The van der Waals surface area contributed by atoms with E-state index in [4.69, 9.17) is 4.74 Å². The number of carbonyl (C=O) groups is 1. The first-order valence-corrected chi connectivity index (χ1v) is 10.4. The molecule has 8 nitrogen and oxygen atoms in total. The lowest BCUT2D eigenvalue weighted by atomic mass is 10.1. The minimum atomic E-state index is -3.36. The van der Waals surface area contributed by atoms with Gasteiger partial charge in [-0.15, -0.1) is 0 Å². The van der Waals surface area contributed by atoms with Crippen LogP contribution >= 0.6 is 0 Å². The lowest BCUT2D eigenvalue weighted by Gasteiger charge is -2.19. The van der Waals surface area contributed by atoms with Crippen LogP contribution in [-0.2, 0) is 27.9 Å². The summed E-state index contributed by atoms with van der Waals surface area (Å²) in [5.41, 5.74) is 2.44. The van der Waals surface area contributed by atoms with Crippen LogP contribution in [-0.4, -0.2) is 49.0 Å². The van der Waals surface area contributed by atoms with Crippen molar-refractivity contribution in [2.45, 2.75) is 39.3 Å². The minimum absolute atomic E-state index is 0.339. The first kappa shape index (κ1) is 19.7. The van der Waals surface area contributed by atoms with Crippen LogP contribution in [0, 0.1) is 0 Å². The summed E-state index contributed by atoms with van der Waals surface area (Å²) >= 11 is 0. The fraction of sp³-hybridized carbons (Fsp3) is 0.500. The molecule has 0 spiro atoms. The molecule has 1 saturated heterocycles. The van der Waals surface area contributed by atoms with Gasteiger partial charge in [0.1, 0.15) is 5.60 Å². The summed E-state index contributed by atoms with van der Waals surface area (Å²) in [5, 5.41) is 3.79. The van der Waals surface area contributed by atoms with Crippen LogP contribution in [0.4, 0.5) is 4.79 Å². The molecule has 1 aliphatic heterocycles. The summed E-state index contributed by atoms with van der Waals surface area (Å²) in [4.78, 5) is 15.0. The number of hydrogen-bond donors (Lipinski definition) is 3. The van der Waals surface area contributed by atoms with Crippen LogP contribution < -0.4 is 10.0 Å². The van der Waals surface area contributed by atoms with Gasteiger partial charge in [-0.1, -0.05) is 6.07 Å². The Hall–Kier alpha value is -2.10. The number of nitrogens with zero attached hydrogens (tertiary/aromatic N) is 1. The lowest BCUT2D eigenvalue weighted by Crippen LogP contribution is -2.33. The highest BCUT2D eigenvalue weighted by Gasteiger charge is 2.27.